The highest BCUT2D eigenvalue weighted by Gasteiger charge is 2.30. The molecule has 0 saturated carbocycles. The van der Waals surface area contributed by atoms with Crippen LogP contribution in [0.1, 0.15) is 43.0 Å². The number of nitrogens with zero attached hydrogens (tertiary/aromatic N) is 1. The van der Waals surface area contributed by atoms with Crippen LogP contribution in [0.4, 0.5) is 0 Å². The third-order valence-electron chi connectivity index (χ3n) is 4.86. The second kappa shape index (κ2) is 7.79. The van der Waals surface area contributed by atoms with Crippen LogP contribution in [-0.2, 0) is 9.59 Å². The van der Waals surface area contributed by atoms with Crippen molar-refractivity contribution < 1.29 is 14.7 Å². The van der Waals surface area contributed by atoms with Crippen LogP contribution >= 0.6 is 0 Å². The van der Waals surface area contributed by atoms with Crippen molar-refractivity contribution in [3.8, 4) is 0 Å². The number of rotatable bonds is 5. The van der Waals surface area contributed by atoms with Gasteiger partial charge in [0.2, 0.25) is 5.91 Å². The third-order valence-corrected chi connectivity index (χ3v) is 4.86. The van der Waals surface area contributed by atoms with Gasteiger partial charge in [-0.15, -0.1) is 0 Å². The lowest BCUT2D eigenvalue weighted by molar-refractivity contribution is -0.145. The predicted molar refractivity (Wildman–Crippen MR) is 93.8 cm³/mol. The van der Waals surface area contributed by atoms with Crippen LogP contribution in [0.25, 0.3) is 0 Å². The molecule has 2 N–H and O–H groups in total. The van der Waals surface area contributed by atoms with E-state index in [4.69, 9.17) is 0 Å². The first-order valence-electron chi connectivity index (χ1n) is 8.58. The molecule has 5 nitrogen and oxygen atoms in total. The first kappa shape index (κ1) is 18.5. The Bertz CT molecular complexity index is 615. The molecule has 24 heavy (non-hydrogen) atoms. The van der Waals surface area contributed by atoms with E-state index in [1.807, 2.05) is 24.8 Å². The quantitative estimate of drug-likeness (QED) is 0.869. The Kier molecular flexibility index (Phi) is 5.99. The second-order valence-electron chi connectivity index (χ2n) is 7.20. The fourth-order valence-corrected chi connectivity index (χ4v) is 3.38. The molecular formula is C19H28N2O3. The van der Waals surface area contributed by atoms with E-state index in [0.717, 1.165) is 12.1 Å². The van der Waals surface area contributed by atoms with E-state index in [9.17, 15) is 14.7 Å². The highest BCUT2D eigenvalue weighted by molar-refractivity contribution is 5.78. The maximum absolute atomic E-state index is 12.3. The lowest BCUT2D eigenvalue weighted by atomic mass is 9.90. The molecule has 2 rings (SSSR count). The van der Waals surface area contributed by atoms with E-state index < -0.39 is 5.97 Å². The summed E-state index contributed by atoms with van der Waals surface area (Å²) < 4.78 is 0. The Morgan fingerprint density at radius 2 is 2.00 bits per heavy atom. The summed E-state index contributed by atoms with van der Waals surface area (Å²) in [5.74, 6) is -0.905. The highest BCUT2D eigenvalue weighted by Crippen LogP contribution is 2.22. The van der Waals surface area contributed by atoms with Gasteiger partial charge in [-0.2, -0.15) is 0 Å². The van der Waals surface area contributed by atoms with Gasteiger partial charge in [-0.05, 0) is 49.8 Å². The van der Waals surface area contributed by atoms with Gasteiger partial charge in [-0.25, -0.2) is 0 Å². The van der Waals surface area contributed by atoms with E-state index in [1.165, 1.54) is 11.1 Å². The average molecular weight is 332 g/mol. The molecule has 1 fully saturated rings. The summed E-state index contributed by atoms with van der Waals surface area (Å²) in [6.07, 6.45) is 0.687. The normalized spacial score (nSPS) is 22.8. The van der Waals surface area contributed by atoms with Gasteiger partial charge in [0.25, 0.3) is 0 Å². The minimum absolute atomic E-state index is 0.0565. The van der Waals surface area contributed by atoms with Crippen LogP contribution in [0.3, 0.4) is 0 Å². The number of aliphatic carboxylic acids is 1. The number of piperidine rings is 1. The molecule has 132 valence electrons. The number of carbonyl (C=O) groups is 2. The monoisotopic (exact) mass is 332 g/mol. The van der Waals surface area contributed by atoms with Crippen LogP contribution in [0.15, 0.2) is 18.2 Å². The van der Waals surface area contributed by atoms with Gasteiger partial charge in [0.15, 0.2) is 0 Å². The lowest BCUT2D eigenvalue weighted by Crippen LogP contribution is -2.47. The maximum atomic E-state index is 12.3. The number of amides is 1. The number of aryl methyl sites for hydroxylation is 2. The number of likely N-dealkylation sites (tertiary alicyclic amines) is 1. The maximum Gasteiger partial charge on any atom is 0.307 e. The van der Waals surface area contributed by atoms with Gasteiger partial charge in [0.1, 0.15) is 0 Å². The van der Waals surface area contributed by atoms with Crippen molar-refractivity contribution in [3.63, 3.8) is 0 Å². The molecule has 0 aromatic heterocycles. The van der Waals surface area contributed by atoms with Crippen LogP contribution in [0, 0.1) is 25.7 Å². The van der Waals surface area contributed by atoms with Crippen LogP contribution in [0.2, 0.25) is 0 Å². The summed E-state index contributed by atoms with van der Waals surface area (Å²) in [6, 6.07) is 6.15. The number of nitrogens with one attached hydrogen (secondary N) is 1. The molecule has 5 heteroatoms. The van der Waals surface area contributed by atoms with Crippen molar-refractivity contribution >= 4 is 11.9 Å². The number of carboxylic acid groups (broad SMARTS) is 1. The van der Waals surface area contributed by atoms with E-state index >= 15 is 0 Å². The molecule has 1 heterocycles. The summed E-state index contributed by atoms with van der Waals surface area (Å²) in [4.78, 5) is 25.5. The molecule has 0 spiro atoms. The Balaban J connectivity index is 1.92. The number of carboxylic acids is 1. The number of hydrogen-bond acceptors (Lipinski definition) is 3. The van der Waals surface area contributed by atoms with Gasteiger partial charge >= 0.3 is 5.97 Å². The summed E-state index contributed by atoms with van der Waals surface area (Å²) in [5.41, 5.74) is 3.53. The molecule has 1 aliphatic rings. The molecule has 0 bridgehead atoms. The van der Waals surface area contributed by atoms with Gasteiger partial charge in [-0.3, -0.25) is 14.5 Å². The van der Waals surface area contributed by atoms with E-state index in [0.29, 0.717) is 18.9 Å². The van der Waals surface area contributed by atoms with Gasteiger partial charge in [0.05, 0.1) is 18.5 Å². The zero-order valence-electron chi connectivity index (χ0n) is 15.0. The zero-order chi connectivity index (χ0) is 17.9. The van der Waals surface area contributed by atoms with Crippen molar-refractivity contribution in [2.45, 2.75) is 40.2 Å². The largest absolute Gasteiger partial charge is 0.481 e. The fourth-order valence-electron chi connectivity index (χ4n) is 3.38. The Morgan fingerprint density at radius 1 is 1.29 bits per heavy atom. The Morgan fingerprint density at radius 3 is 2.62 bits per heavy atom. The van der Waals surface area contributed by atoms with Crippen molar-refractivity contribution in [2.75, 3.05) is 19.6 Å². The number of hydrogen-bond donors (Lipinski definition) is 2. The van der Waals surface area contributed by atoms with Crippen LogP contribution < -0.4 is 5.32 Å². The summed E-state index contributed by atoms with van der Waals surface area (Å²) in [6.45, 7) is 9.62. The van der Waals surface area contributed by atoms with Gasteiger partial charge in [-0.1, -0.05) is 25.1 Å². The molecule has 1 aromatic rings. The molecule has 0 radical (unpaired) electrons. The summed E-state index contributed by atoms with van der Waals surface area (Å²) >= 11 is 0. The minimum Gasteiger partial charge on any atom is -0.481 e. The zero-order valence-corrected chi connectivity index (χ0v) is 15.0. The second-order valence-corrected chi connectivity index (χ2v) is 7.20. The molecule has 3 atom stereocenters. The SMILES string of the molecule is Cc1ccc(C(C)NC(=O)CN2CC(C)CC(C(=O)O)C2)cc1C. The molecular weight excluding hydrogens is 304 g/mol. The van der Waals surface area contributed by atoms with Crippen molar-refractivity contribution in [3.05, 3.63) is 34.9 Å². The lowest BCUT2D eigenvalue weighted by Gasteiger charge is -2.34. The standard InChI is InChI=1S/C19H28N2O3/c1-12-7-17(19(23)24)10-21(9-12)11-18(22)20-15(4)16-6-5-13(2)14(3)8-16/h5-6,8,12,15,17H,7,9-11H2,1-4H3,(H,20,22)(H,23,24). The van der Waals surface area contributed by atoms with Gasteiger partial charge < -0.3 is 10.4 Å². The molecule has 1 saturated heterocycles. The predicted octanol–water partition coefficient (Wildman–Crippen LogP) is 2.52. The fraction of sp³-hybridized carbons (Fsp3) is 0.579. The molecule has 0 aliphatic carbocycles. The Labute approximate surface area is 144 Å². The third kappa shape index (κ3) is 4.81. The van der Waals surface area contributed by atoms with E-state index in [1.54, 1.807) is 0 Å². The van der Waals surface area contributed by atoms with E-state index in [2.05, 4.69) is 31.3 Å². The number of carbonyl (C=O) groups excluding carboxylic acids is 1. The molecule has 1 amide bonds. The van der Waals surface area contributed by atoms with Crippen molar-refractivity contribution in [1.29, 1.82) is 0 Å². The van der Waals surface area contributed by atoms with Crippen LogP contribution in [0.5, 0.6) is 0 Å². The first-order valence-corrected chi connectivity index (χ1v) is 8.58. The minimum atomic E-state index is -0.768. The Hall–Kier alpha value is -1.88. The molecule has 1 aliphatic heterocycles. The van der Waals surface area contributed by atoms with Crippen LogP contribution in [-0.4, -0.2) is 41.5 Å². The smallest absolute Gasteiger partial charge is 0.307 e. The topological polar surface area (TPSA) is 69.6 Å². The summed E-state index contributed by atoms with van der Waals surface area (Å²) in [7, 11) is 0. The van der Waals surface area contributed by atoms with Gasteiger partial charge in [0, 0.05) is 13.1 Å². The first-order chi connectivity index (χ1) is 11.3. The molecule has 3 unspecified atom stereocenters. The van der Waals surface area contributed by atoms with Crippen molar-refractivity contribution in [1.82, 2.24) is 10.2 Å². The number of benzene rings is 1. The average Bonchev–Trinajstić information content (AvgIpc) is 2.49. The van der Waals surface area contributed by atoms with E-state index in [-0.39, 0.29) is 24.4 Å². The summed E-state index contributed by atoms with van der Waals surface area (Å²) in [5, 5.41) is 12.2. The highest BCUT2D eigenvalue weighted by atomic mass is 16.4. The van der Waals surface area contributed by atoms with Crippen molar-refractivity contribution in [2.24, 2.45) is 11.8 Å². The molecule has 1 aromatic carbocycles.